The molecule has 0 fully saturated rings. The zero-order chi connectivity index (χ0) is 14.8. The van der Waals surface area contributed by atoms with Crippen LogP contribution in [0.2, 0.25) is 0 Å². The molecule has 0 aliphatic rings. The smallest absolute Gasteiger partial charge is 0.304 e. The number of hydrogen-bond acceptors (Lipinski definition) is 4. The Bertz CT molecular complexity index is 548. The van der Waals surface area contributed by atoms with Crippen LogP contribution in [0, 0.1) is 6.92 Å². The third-order valence-electron chi connectivity index (χ3n) is 2.67. The van der Waals surface area contributed by atoms with Crippen molar-refractivity contribution in [3.63, 3.8) is 0 Å². The zero-order valence-corrected chi connectivity index (χ0v) is 14.1. The lowest BCUT2D eigenvalue weighted by Crippen LogP contribution is -2.39. The van der Waals surface area contributed by atoms with Crippen molar-refractivity contribution in [3.05, 3.63) is 15.4 Å². The SMILES string of the molecule is CCN(C(C)CC(=O)O)S(=O)(=O)c1cc(C)c(Br)s1. The first-order valence-corrected chi connectivity index (χ1v) is 8.74. The molecule has 8 heteroatoms. The molecule has 0 saturated carbocycles. The predicted octanol–water partition coefficient (Wildman–Crippen LogP) is 2.69. The molecule has 0 radical (unpaired) electrons. The number of halogens is 1. The Hall–Kier alpha value is -0.440. The number of rotatable bonds is 6. The molecule has 0 saturated heterocycles. The van der Waals surface area contributed by atoms with E-state index in [1.807, 2.05) is 6.92 Å². The molecule has 0 spiro atoms. The number of aryl methyl sites for hydroxylation is 1. The maximum absolute atomic E-state index is 12.5. The summed E-state index contributed by atoms with van der Waals surface area (Å²) in [6.07, 6.45) is -0.210. The van der Waals surface area contributed by atoms with E-state index in [0.717, 1.165) is 20.7 Å². The maximum Gasteiger partial charge on any atom is 0.304 e. The summed E-state index contributed by atoms with van der Waals surface area (Å²) in [6.45, 7) is 5.36. The topological polar surface area (TPSA) is 74.7 Å². The third-order valence-corrected chi connectivity index (χ3v) is 7.35. The third kappa shape index (κ3) is 3.77. The van der Waals surface area contributed by atoms with Crippen molar-refractivity contribution in [2.24, 2.45) is 0 Å². The molecule has 1 heterocycles. The van der Waals surface area contributed by atoms with Crippen LogP contribution in [0.25, 0.3) is 0 Å². The van der Waals surface area contributed by atoms with E-state index in [4.69, 9.17) is 5.11 Å². The van der Waals surface area contributed by atoms with Crippen molar-refractivity contribution < 1.29 is 18.3 Å². The molecule has 0 aliphatic carbocycles. The average molecular weight is 370 g/mol. The summed E-state index contributed by atoms with van der Waals surface area (Å²) in [5, 5.41) is 8.79. The number of nitrogens with zero attached hydrogens (tertiary/aromatic N) is 1. The molecule has 1 aromatic rings. The van der Waals surface area contributed by atoms with Crippen LogP contribution in [0.15, 0.2) is 14.1 Å². The Kier molecular flexibility index (Phi) is 5.54. The van der Waals surface area contributed by atoms with Crippen molar-refractivity contribution in [2.75, 3.05) is 6.54 Å². The minimum atomic E-state index is -3.64. The van der Waals surface area contributed by atoms with E-state index in [0.29, 0.717) is 0 Å². The van der Waals surface area contributed by atoms with Gasteiger partial charge in [-0.15, -0.1) is 11.3 Å². The van der Waals surface area contributed by atoms with Gasteiger partial charge in [-0.05, 0) is 41.4 Å². The number of thiophene rings is 1. The lowest BCUT2D eigenvalue weighted by atomic mass is 10.2. The van der Waals surface area contributed by atoms with Crippen molar-refractivity contribution in [3.8, 4) is 0 Å². The number of carboxylic acid groups (broad SMARTS) is 1. The van der Waals surface area contributed by atoms with Gasteiger partial charge in [0.05, 0.1) is 10.2 Å². The van der Waals surface area contributed by atoms with Crippen LogP contribution >= 0.6 is 27.3 Å². The van der Waals surface area contributed by atoms with E-state index in [2.05, 4.69) is 15.9 Å². The van der Waals surface area contributed by atoms with Gasteiger partial charge < -0.3 is 5.11 Å². The standard InChI is InChI=1S/C11H16BrNO4S2/c1-4-13(8(3)6-9(14)15)19(16,17)10-5-7(2)11(12)18-10/h5,8H,4,6H2,1-3H3,(H,14,15). The molecule has 1 N–H and O–H groups in total. The molecule has 1 rings (SSSR count). The van der Waals surface area contributed by atoms with Crippen LogP contribution in [-0.4, -0.2) is 36.4 Å². The summed E-state index contributed by atoms with van der Waals surface area (Å²) in [5.74, 6) is -1.01. The molecule has 0 bridgehead atoms. The van der Waals surface area contributed by atoms with Gasteiger partial charge in [0, 0.05) is 12.6 Å². The van der Waals surface area contributed by atoms with Crippen molar-refractivity contribution in [2.45, 2.75) is 37.4 Å². The van der Waals surface area contributed by atoms with Gasteiger partial charge >= 0.3 is 5.97 Å². The highest BCUT2D eigenvalue weighted by molar-refractivity contribution is 9.11. The summed E-state index contributed by atoms with van der Waals surface area (Å²) < 4.78 is 27.2. The normalized spacial score (nSPS) is 13.7. The second-order valence-corrected chi connectivity index (χ2v) is 8.66. The first-order valence-electron chi connectivity index (χ1n) is 5.69. The van der Waals surface area contributed by atoms with E-state index < -0.39 is 22.0 Å². The quantitative estimate of drug-likeness (QED) is 0.836. The average Bonchev–Trinajstić information content (AvgIpc) is 2.59. The second kappa shape index (κ2) is 6.34. The van der Waals surface area contributed by atoms with Gasteiger partial charge in [-0.2, -0.15) is 4.31 Å². The molecule has 1 atom stereocenters. The molecule has 1 aromatic heterocycles. The first-order chi connectivity index (χ1) is 8.70. The maximum atomic E-state index is 12.5. The summed E-state index contributed by atoms with van der Waals surface area (Å²) >= 11 is 4.44. The lowest BCUT2D eigenvalue weighted by Gasteiger charge is -2.25. The van der Waals surface area contributed by atoms with Gasteiger partial charge in [-0.25, -0.2) is 8.42 Å². The summed E-state index contributed by atoms with van der Waals surface area (Å²) in [4.78, 5) is 10.7. The molecule has 5 nitrogen and oxygen atoms in total. The minimum absolute atomic E-state index is 0.210. The first kappa shape index (κ1) is 16.6. The number of hydrogen-bond donors (Lipinski definition) is 1. The Morgan fingerprint density at radius 1 is 1.58 bits per heavy atom. The van der Waals surface area contributed by atoms with Crippen molar-refractivity contribution >= 4 is 43.3 Å². The van der Waals surface area contributed by atoms with E-state index >= 15 is 0 Å². The largest absolute Gasteiger partial charge is 0.481 e. The Morgan fingerprint density at radius 3 is 2.53 bits per heavy atom. The Labute approximate surface area is 125 Å². The van der Waals surface area contributed by atoms with Gasteiger partial charge in [-0.3, -0.25) is 4.79 Å². The van der Waals surface area contributed by atoms with Gasteiger partial charge in [0.15, 0.2) is 0 Å². The number of carbonyl (C=O) groups is 1. The summed E-state index contributed by atoms with van der Waals surface area (Å²) in [7, 11) is -3.64. The van der Waals surface area contributed by atoms with Crippen molar-refractivity contribution in [1.29, 1.82) is 0 Å². The number of carboxylic acids is 1. The Balaban J connectivity index is 3.12. The zero-order valence-electron chi connectivity index (χ0n) is 10.9. The van der Waals surface area contributed by atoms with Crippen LogP contribution in [-0.2, 0) is 14.8 Å². The van der Waals surface area contributed by atoms with Gasteiger partial charge in [-0.1, -0.05) is 6.92 Å². The van der Waals surface area contributed by atoms with E-state index in [9.17, 15) is 13.2 Å². The molecule has 108 valence electrons. The van der Waals surface area contributed by atoms with Crippen LogP contribution in [0.5, 0.6) is 0 Å². The molecule has 0 amide bonds. The van der Waals surface area contributed by atoms with Gasteiger partial charge in [0.2, 0.25) is 0 Å². The highest BCUT2D eigenvalue weighted by atomic mass is 79.9. The van der Waals surface area contributed by atoms with Crippen LogP contribution in [0.4, 0.5) is 0 Å². The predicted molar refractivity (Wildman–Crippen MR) is 78.0 cm³/mol. The van der Waals surface area contributed by atoms with Crippen LogP contribution in [0.3, 0.4) is 0 Å². The van der Waals surface area contributed by atoms with Gasteiger partial charge in [0.1, 0.15) is 4.21 Å². The fourth-order valence-electron chi connectivity index (χ4n) is 1.75. The number of aliphatic carboxylic acids is 1. The highest BCUT2D eigenvalue weighted by Crippen LogP contribution is 2.33. The van der Waals surface area contributed by atoms with E-state index in [1.165, 1.54) is 4.31 Å². The summed E-state index contributed by atoms with van der Waals surface area (Å²) in [6, 6.07) is 1.02. The van der Waals surface area contributed by atoms with Crippen LogP contribution < -0.4 is 0 Å². The second-order valence-electron chi connectivity index (χ2n) is 4.18. The minimum Gasteiger partial charge on any atom is -0.481 e. The molecule has 1 unspecified atom stereocenters. The van der Waals surface area contributed by atoms with E-state index in [-0.39, 0.29) is 17.2 Å². The molecular weight excluding hydrogens is 354 g/mol. The van der Waals surface area contributed by atoms with Gasteiger partial charge in [0.25, 0.3) is 10.0 Å². The molecular formula is C11H16BrNO4S2. The van der Waals surface area contributed by atoms with Crippen molar-refractivity contribution in [1.82, 2.24) is 4.31 Å². The van der Waals surface area contributed by atoms with Crippen LogP contribution in [0.1, 0.15) is 25.8 Å². The lowest BCUT2D eigenvalue weighted by molar-refractivity contribution is -0.137. The fraction of sp³-hybridized carbons (Fsp3) is 0.545. The highest BCUT2D eigenvalue weighted by Gasteiger charge is 2.30. The molecule has 0 aliphatic heterocycles. The Morgan fingerprint density at radius 2 is 2.16 bits per heavy atom. The summed E-state index contributed by atoms with van der Waals surface area (Å²) in [5.41, 5.74) is 0.852. The molecule has 19 heavy (non-hydrogen) atoms. The van der Waals surface area contributed by atoms with E-state index in [1.54, 1.807) is 19.9 Å². The molecule has 0 aromatic carbocycles. The monoisotopic (exact) mass is 369 g/mol. The number of sulfonamides is 1. The fourth-order valence-corrected chi connectivity index (χ4v) is 5.74.